The van der Waals surface area contributed by atoms with Gasteiger partial charge in [0.2, 0.25) is 0 Å². The van der Waals surface area contributed by atoms with Crippen molar-refractivity contribution in [3.05, 3.63) is 65.9 Å². The second kappa shape index (κ2) is 6.46. The lowest BCUT2D eigenvalue weighted by molar-refractivity contribution is 0.306. The van der Waals surface area contributed by atoms with Crippen molar-refractivity contribution in [3.8, 4) is 5.75 Å². The Balaban J connectivity index is 1.76. The highest BCUT2D eigenvalue weighted by Gasteiger charge is 2.07. The van der Waals surface area contributed by atoms with Crippen LogP contribution in [0.2, 0.25) is 0 Å². The van der Waals surface area contributed by atoms with Crippen LogP contribution in [-0.2, 0) is 13.2 Å². The fraction of sp³-hybridized carbons (Fsp3) is 0.222. The van der Waals surface area contributed by atoms with E-state index in [2.05, 4.69) is 30.4 Å². The SMILES string of the molecule is CCNCc1coc2ccc(OCc3ccccc3)cc12. The maximum absolute atomic E-state index is 5.87. The molecule has 3 heteroatoms. The van der Waals surface area contributed by atoms with Crippen LogP contribution >= 0.6 is 0 Å². The molecule has 2 aromatic carbocycles. The van der Waals surface area contributed by atoms with Gasteiger partial charge < -0.3 is 14.5 Å². The van der Waals surface area contributed by atoms with Crippen LogP contribution in [0.1, 0.15) is 18.1 Å². The molecule has 0 saturated heterocycles. The molecule has 0 aliphatic heterocycles. The Hall–Kier alpha value is -2.26. The molecule has 0 aliphatic carbocycles. The molecule has 3 rings (SSSR count). The van der Waals surface area contributed by atoms with Gasteiger partial charge in [0.25, 0.3) is 0 Å². The topological polar surface area (TPSA) is 34.4 Å². The second-order valence-corrected chi connectivity index (χ2v) is 4.97. The van der Waals surface area contributed by atoms with Crippen LogP contribution in [0.3, 0.4) is 0 Å². The zero-order valence-corrected chi connectivity index (χ0v) is 12.1. The minimum atomic E-state index is 0.576. The molecule has 0 unspecified atom stereocenters. The lowest BCUT2D eigenvalue weighted by atomic mass is 10.1. The van der Waals surface area contributed by atoms with Crippen molar-refractivity contribution in [2.45, 2.75) is 20.1 Å². The summed E-state index contributed by atoms with van der Waals surface area (Å²) >= 11 is 0. The predicted octanol–water partition coefficient (Wildman–Crippen LogP) is 4.12. The van der Waals surface area contributed by atoms with E-state index in [1.165, 1.54) is 0 Å². The van der Waals surface area contributed by atoms with Gasteiger partial charge >= 0.3 is 0 Å². The van der Waals surface area contributed by atoms with Gasteiger partial charge in [-0.3, -0.25) is 0 Å². The molecule has 108 valence electrons. The monoisotopic (exact) mass is 281 g/mol. The summed E-state index contributed by atoms with van der Waals surface area (Å²) < 4.78 is 11.4. The molecule has 0 radical (unpaired) electrons. The fourth-order valence-electron chi connectivity index (χ4n) is 2.29. The van der Waals surface area contributed by atoms with Gasteiger partial charge in [-0.2, -0.15) is 0 Å². The summed E-state index contributed by atoms with van der Waals surface area (Å²) in [4.78, 5) is 0. The third-order valence-corrected chi connectivity index (χ3v) is 3.44. The molecule has 1 N–H and O–H groups in total. The van der Waals surface area contributed by atoms with Crippen molar-refractivity contribution in [1.29, 1.82) is 0 Å². The Labute approximate surface area is 124 Å². The number of hydrogen-bond donors (Lipinski definition) is 1. The molecule has 3 nitrogen and oxygen atoms in total. The molecular weight excluding hydrogens is 262 g/mol. The van der Waals surface area contributed by atoms with Crippen LogP contribution in [0.4, 0.5) is 0 Å². The van der Waals surface area contributed by atoms with Crippen molar-refractivity contribution in [1.82, 2.24) is 5.32 Å². The first-order valence-corrected chi connectivity index (χ1v) is 7.24. The van der Waals surface area contributed by atoms with Crippen LogP contribution in [0, 0.1) is 0 Å². The van der Waals surface area contributed by atoms with Gasteiger partial charge in [-0.1, -0.05) is 37.3 Å². The predicted molar refractivity (Wildman–Crippen MR) is 84.4 cm³/mol. The van der Waals surface area contributed by atoms with E-state index in [-0.39, 0.29) is 0 Å². The van der Waals surface area contributed by atoms with Gasteiger partial charge in [-0.05, 0) is 30.3 Å². The zero-order valence-electron chi connectivity index (χ0n) is 12.1. The third kappa shape index (κ3) is 3.26. The molecule has 1 aromatic heterocycles. The summed E-state index contributed by atoms with van der Waals surface area (Å²) in [5.74, 6) is 0.866. The Morgan fingerprint density at radius 2 is 1.95 bits per heavy atom. The summed E-state index contributed by atoms with van der Waals surface area (Å²) in [7, 11) is 0. The number of rotatable bonds is 6. The van der Waals surface area contributed by atoms with Gasteiger partial charge in [0, 0.05) is 17.5 Å². The molecule has 0 amide bonds. The van der Waals surface area contributed by atoms with E-state index in [0.717, 1.165) is 40.9 Å². The molecule has 0 aliphatic rings. The van der Waals surface area contributed by atoms with Crippen molar-refractivity contribution in [3.63, 3.8) is 0 Å². The number of ether oxygens (including phenoxy) is 1. The Kier molecular flexibility index (Phi) is 4.22. The second-order valence-electron chi connectivity index (χ2n) is 4.97. The van der Waals surface area contributed by atoms with Crippen LogP contribution in [0.15, 0.2) is 59.2 Å². The molecule has 0 atom stereocenters. The number of hydrogen-bond acceptors (Lipinski definition) is 3. The third-order valence-electron chi connectivity index (χ3n) is 3.44. The van der Waals surface area contributed by atoms with Crippen LogP contribution in [0.5, 0.6) is 5.75 Å². The molecule has 0 fully saturated rings. The van der Waals surface area contributed by atoms with Crippen molar-refractivity contribution >= 4 is 11.0 Å². The molecule has 0 bridgehead atoms. The van der Waals surface area contributed by atoms with E-state index in [9.17, 15) is 0 Å². The van der Waals surface area contributed by atoms with Crippen molar-refractivity contribution in [2.75, 3.05) is 6.54 Å². The summed E-state index contributed by atoms with van der Waals surface area (Å²) in [6.07, 6.45) is 1.81. The number of nitrogens with one attached hydrogen (secondary N) is 1. The van der Waals surface area contributed by atoms with E-state index >= 15 is 0 Å². The van der Waals surface area contributed by atoms with E-state index in [4.69, 9.17) is 9.15 Å². The average molecular weight is 281 g/mol. The maximum Gasteiger partial charge on any atom is 0.134 e. The van der Waals surface area contributed by atoms with Crippen LogP contribution in [0.25, 0.3) is 11.0 Å². The van der Waals surface area contributed by atoms with Crippen LogP contribution < -0.4 is 10.1 Å². The Morgan fingerprint density at radius 1 is 1.10 bits per heavy atom. The summed E-state index contributed by atoms with van der Waals surface area (Å²) in [5, 5.41) is 4.43. The van der Waals surface area contributed by atoms with Gasteiger partial charge in [-0.15, -0.1) is 0 Å². The van der Waals surface area contributed by atoms with Gasteiger partial charge in [0.15, 0.2) is 0 Å². The van der Waals surface area contributed by atoms with Gasteiger partial charge in [0.1, 0.15) is 17.9 Å². The number of fused-ring (bicyclic) bond motifs is 1. The van der Waals surface area contributed by atoms with Gasteiger partial charge in [0.05, 0.1) is 6.26 Å². The number of benzene rings is 2. The molecular formula is C18H19NO2. The van der Waals surface area contributed by atoms with Crippen molar-refractivity contribution in [2.24, 2.45) is 0 Å². The van der Waals surface area contributed by atoms with E-state index in [0.29, 0.717) is 6.61 Å². The molecule has 0 saturated carbocycles. The Morgan fingerprint density at radius 3 is 2.76 bits per heavy atom. The highest BCUT2D eigenvalue weighted by Crippen LogP contribution is 2.26. The lowest BCUT2D eigenvalue weighted by Crippen LogP contribution is -2.11. The normalized spacial score (nSPS) is 10.9. The fourth-order valence-corrected chi connectivity index (χ4v) is 2.29. The quantitative estimate of drug-likeness (QED) is 0.738. The molecule has 0 spiro atoms. The number of furan rings is 1. The standard InChI is InChI=1S/C18H19NO2/c1-2-19-11-15-13-21-18-9-8-16(10-17(15)18)20-12-14-6-4-3-5-7-14/h3-10,13,19H,2,11-12H2,1H3. The lowest BCUT2D eigenvalue weighted by Gasteiger charge is -2.06. The highest BCUT2D eigenvalue weighted by molar-refractivity contribution is 5.82. The largest absolute Gasteiger partial charge is 0.489 e. The Bertz CT molecular complexity index is 704. The minimum Gasteiger partial charge on any atom is -0.489 e. The summed E-state index contributed by atoms with van der Waals surface area (Å²) in [5.41, 5.74) is 3.23. The smallest absolute Gasteiger partial charge is 0.134 e. The van der Waals surface area contributed by atoms with Crippen molar-refractivity contribution < 1.29 is 9.15 Å². The summed E-state index contributed by atoms with van der Waals surface area (Å²) in [6.45, 7) is 4.42. The highest BCUT2D eigenvalue weighted by atomic mass is 16.5. The first kappa shape index (κ1) is 13.7. The minimum absolute atomic E-state index is 0.576. The summed E-state index contributed by atoms with van der Waals surface area (Å²) in [6, 6.07) is 16.1. The molecule has 3 aromatic rings. The first-order chi connectivity index (χ1) is 10.4. The maximum atomic E-state index is 5.87. The zero-order chi connectivity index (χ0) is 14.5. The van der Waals surface area contributed by atoms with E-state index in [1.807, 2.05) is 36.6 Å². The van der Waals surface area contributed by atoms with E-state index < -0.39 is 0 Å². The first-order valence-electron chi connectivity index (χ1n) is 7.24. The molecule has 1 heterocycles. The van der Waals surface area contributed by atoms with E-state index in [1.54, 1.807) is 0 Å². The van der Waals surface area contributed by atoms with Crippen LogP contribution in [-0.4, -0.2) is 6.54 Å². The molecule has 21 heavy (non-hydrogen) atoms. The average Bonchev–Trinajstić information content (AvgIpc) is 2.94. The van der Waals surface area contributed by atoms with Gasteiger partial charge in [-0.25, -0.2) is 0 Å².